The van der Waals surface area contributed by atoms with Crippen molar-refractivity contribution in [1.29, 1.82) is 0 Å². The standard InChI is InChI=1S/C18H30N4O3S.HI/c1-5-19-17(20-11-12-21-26(23,24)6-2)22-15-13-18(3,4)25-16-10-8-7-9-14(15)16;/h7-10,15,21H,5-6,11-13H2,1-4H3,(H2,19,20,22);1H. The van der Waals surface area contributed by atoms with Crippen LogP contribution in [0.3, 0.4) is 0 Å². The predicted molar refractivity (Wildman–Crippen MR) is 120 cm³/mol. The summed E-state index contributed by atoms with van der Waals surface area (Å²) in [6.07, 6.45) is 0.802. The number of hydrogen-bond acceptors (Lipinski definition) is 4. The zero-order valence-electron chi connectivity index (χ0n) is 16.4. The van der Waals surface area contributed by atoms with E-state index in [1.807, 2.05) is 25.1 Å². The molecule has 9 heteroatoms. The molecule has 2 rings (SSSR count). The van der Waals surface area contributed by atoms with Crippen LogP contribution in [0.15, 0.2) is 29.3 Å². The lowest BCUT2D eigenvalue weighted by Gasteiger charge is -2.38. The molecule has 0 amide bonds. The summed E-state index contributed by atoms with van der Waals surface area (Å²) in [4.78, 5) is 4.49. The van der Waals surface area contributed by atoms with Crippen molar-refractivity contribution >= 4 is 40.0 Å². The van der Waals surface area contributed by atoms with Crippen LogP contribution in [0.4, 0.5) is 0 Å². The van der Waals surface area contributed by atoms with Crippen LogP contribution < -0.4 is 20.1 Å². The van der Waals surface area contributed by atoms with E-state index < -0.39 is 10.0 Å². The summed E-state index contributed by atoms with van der Waals surface area (Å²) >= 11 is 0. The molecule has 1 aliphatic rings. The lowest BCUT2D eigenvalue weighted by Crippen LogP contribution is -2.45. The third-order valence-corrected chi connectivity index (χ3v) is 5.52. The quantitative estimate of drug-likeness (QED) is 0.227. The number of nitrogens with one attached hydrogen (secondary N) is 3. The topological polar surface area (TPSA) is 91.8 Å². The van der Waals surface area contributed by atoms with Gasteiger partial charge in [0, 0.05) is 25.1 Å². The highest BCUT2D eigenvalue weighted by Crippen LogP contribution is 2.39. The molecule has 1 unspecified atom stereocenters. The average Bonchev–Trinajstić information content (AvgIpc) is 2.58. The van der Waals surface area contributed by atoms with Crippen LogP contribution in [0, 0.1) is 0 Å². The third kappa shape index (κ3) is 7.46. The number of ether oxygens (including phenoxy) is 1. The second-order valence-electron chi connectivity index (χ2n) is 6.86. The average molecular weight is 510 g/mol. The molecule has 0 aromatic heterocycles. The number of benzene rings is 1. The number of nitrogens with zero attached hydrogens (tertiary/aromatic N) is 1. The molecule has 0 aliphatic carbocycles. The largest absolute Gasteiger partial charge is 0.487 e. The molecule has 1 aromatic carbocycles. The van der Waals surface area contributed by atoms with Gasteiger partial charge in [0.05, 0.1) is 18.3 Å². The molecular formula is C18H31IN4O3S. The molecule has 3 N–H and O–H groups in total. The summed E-state index contributed by atoms with van der Waals surface area (Å²) < 4.78 is 31.6. The lowest BCUT2D eigenvalue weighted by molar-refractivity contribution is 0.0694. The highest BCUT2D eigenvalue weighted by atomic mass is 127. The Morgan fingerprint density at radius 3 is 2.67 bits per heavy atom. The SMILES string of the molecule is CCNC(=NCCNS(=O)(=O)CC)NC1CC(C)(C)Oc2ccccc21.I. The zero-order valence-corrected chi connectivity index (χ0v) is 19.6. The van der Waals surface area contributed by atoms with E-state index in [0.717, 1.165) is 24.3 Å². The van der Waals surface area contributed by atoms with E-state index >= 15 is 0 Å². The number of aliphatic imine (C=N–C) groups is 1. The van der Waals surface area contributed by atoms with Crippen LogP contribution in [0.25, 0.3) is 0 Å². The number of para-hydroxylation sites is 1. The van der Waals surface area contributed by atoms with Gasteiger partial charge in [0.25, 0.3) is 0 Å². The Bertz CT molecular complexity index is 738. The van der Waals surface area contributed by atoms with Crippen LogP contribution >= 0.6 is 24.0 Å². The van der Waals surface area contributed by atoms with E-state index in [0.29, 0.717) is 12.5 Å². The van der Waals surface area contributed by atoms with Crippen LogP contribution in [0.2, 0.25) is 0 Å². The number of fused-ring (bicyclic) bond motifs is 1. The minimum Gasteiger partial charge on any atom is -0.487 e. The first-order valence-corrected chi connectivity index (χ1v) is 10.7. The van der Waals surface area contributed by atoms with Gasteiger partial charge in [0.2, 0.25) is 10.0 Å². The summed E-state index contributed by atoms with van der Waals surface area (Å²) in [6, 6.07) is 8.07. The molecule has 0 spiro atoms. The Morgan fingerprint density at radius 1 is 1.30 bits per heavy atom. The molecule has 1 aromatic rings. The van der Waals surface area contributed by atoms with Gasteiger partial charge in [-0.25, -0.2) is 13.1 Å². The maximum Gasteiger partial charge on any atom is 0.211 e. The normalized spacial score (nSPS) is 18.7. The minimum absolute atomic E-state index is 0. The molecule has 1 heterocycles. The smallest absolute Gasteiger partial charge is 0.211 e. The van der Waals surface area contributed by atoms with Crippen molar-refractivity contribution in [3.8, 4) is 5.75 Å². The highest BCUT2D eigenvalue weighted by molar-refractivity contribution is 14.0. The number of guanidine groups is 1. The summed E-state index contributed by atoms with van der Waals surface area (Å²) in [5.74, 6) is 1.62. The van der Waals surface area contributed by atoms with Gasteiger partial charge in [0.1, 0.15) is 11.4 Å². The molecule has 0 saturated heterocycles. The summed E-state index contributed by atoms with van der Waals surface area (Å²) in [7, 11) is -3.19. The number of hydrogen-bond donors (Lipinski definition) is 3. The molecule has 1 atom stereocenters. The first-order valence-electron chi connectivity index (χ1n) is 9.06. The molecule has 0 bridgehead atoms. The monoisotopic (exact) mass is 510 g/mol. The Morgan fingerprint density at radius 2 is 2.00 bits per heavy atom. The molecule has 0 radical (unpaired) electrons. The van der Waals surface area contributed by atoms with Crippen LogP contribution in [-0.2, 0) is 10.0 Å². The van der Waals surface area contributed by atoms with Crippen LogP contribution in [-0.4, -0.2) is 45.4 Å². The van der Waals surface area contributed by atoms with Gasteiger partial charge in [0.15, 0.2) is 5.96 Å². The predicted octanol–water partition coefficient (Wildman–Crippen LogP) is 2.40. The summed E-state index contributed by atoms with van der Waals surface area (Å²) in [6.45, 7) is 9.12. The minimum atomic E-state index is -3.19. The first kappa shape index (κ1) is 24.0. The molecule has 27 heavy (non-hydrogen) atoms. The Labute approximate surface area is 179 Å². The Kier molecular flexibility index (Phi) is 9.29. The van der Waals surface area contributed by atoms with Gasteiger partial charge in [-0.15, -0.1) is 24.0 Å². The summed E-state index contributed by atoms with van der Waals surface area (Å²) in [5, 5.41) is 6.68. The van der Waals surface area contributed by atoms with Gasteiger partial charge in [-0.3, -0.25) is 4.99 Å². The molecule has 1 aliphatic heterocycles. The van der Waals surface area contributed by atoms with Crippen molar-refractivity contribution in [3.63, 3.8) is 0 Å². The fraction of sp³-hybridized carbons (Fsp3) is 0.611. The molecule has 154 valence electrons. The van der Waals surface area contributed by atoms with Crippen molar-refractivity contribution in [2.24, 2.45) is 4.99 Å². The lowest BCUT2D eigenvalue weighted by atomic mass is 9.90. The maximum absolute atomic E-state index is 11.5. The van der Waals surface area contributed by atoms with E-state index in [-0.39, 0.29) is 47.9 Å². The van der Waals surface area contributed by atoms with Crippen molar-refractivity contribution in [2.45, 2.75) is 45.8 Å². The van der Waals surface area contributed by atoms with Gasteiger partial charge in [-0.2, -0.15) is 0 Å². The first-order chi connectivity index (χ1) is 12.3. The van der Waals surface area contributed by atoms with Crippen molar-refractivity contribution in [2.75, 3.05) is 25.4 Å². The number of rotatable bonds is 7. The Hall–Kier alpha value is -1.07. The number of halogens is 1. The third-order valence-electron chi connectivity index (χ3n) is 4.12. The maximum atomic E-state index is 11.5. The van der Waals surface area contributed by atoms with E-state index in [1.165, 1.54) is 0 Å². The fourth-order valence-corrected chi connectivity index (χ4v) is 3.49. The Balaban J connectivity index is 0.00000364. The van der Waals surface area contributed by atoms with E-state index in [1.54, 1.807) is 6.92 Å². The second-order valence-corrected chi connectivity index (χ2v) is 8.95. The van der Waals surface area contributed by atoms with Gasteiger partial charge < -0.3 is 15.4 Å². The zero-order chi connectivity index (χ0) is 19.2. The molecular weight excluding hydrogens is 479 g/mol. The van der Waals surface area contributed by atoms with E-state index in [9.17, 15) is 8.42 Å². The highest BCUT2D eigenvalue weighted by Gasteiger charge is 2.33. The molecule has 0 fully saturated rings. The van der Waals surface area contributed by atoms with Crippen LogP contribution in [0.1, 0.15) is 45.7 Å². The van der Waals surface area contributed by atoms with Gasteiger partial charge in [-0.05, 0) is 33.8 Å². The molecule has 7 nitrogen and oxygen atoms in total. The van der Waals surface area contributed by atoms with Gasteiger partial charge >= 0.3 is 0 Å². The van der Waals surface area contributed by atoms with Crippen molar-refractivity contribution in [1.82, 2.24) is 15.4 Å². The fourth-order valence-electron chi connectivity index (χ4n) is 2.89. The molecule has 0 saturated carbocycles. The second kappa shape index (κ2) is 10.5. The van der Waals surface area contributed by atoms with E-state index in [4.69, 9.17) is 4.74 Å². The number of sulfonamides is 1. The van der Waals surface area contributed by atoms with Crippen molar-refractivity contribution < 1.29 is 13.2 Å². The van der Waals surface area contributed by atoms with Crippen LogP contribution in [0.5, 0.6) is 5.75 Å². The van der Waals surface area contributed by atoms with E-state index in [2.05, 4.69) is 40.3 Å². The van der Waals surface area contributed by atoms with Crippen molar-refractivity contribution in [3.05, 3.63) is 29.8 Å². The van der Waals surface area contributed by atoms with Gasteiger partial charge in [-0.1, -0.05) is 18.2 Å². The summed E-state index contributed by atoms with van der Waals surface area (Å²) in [5.41, 5.74) is 0.823.